The van der Waals surface area contributed by atoms with E-state index in [9.17, 15) is 4.79 Å². The molecule has 0 aromatic carbocycles. The Morgan fingerprint density at radius 3 is 2.62 bits per heavy atom. The summed E-state index contributed by atoms with van der Waals surface area (Å²) in [6.45, 7) is 1.81. The Morgan fingerprint density at radius 2 is 2.50 bits per heavy atom. The predicted molar refractivity (Wildman–Crippen MR) is 29.5 cm³/mol. The van der Waals surface area contributed by atoms with E-state index in [1.165, 1.54) is 6.08 Å². The lowest BCUT2D eigenvalue weighted by Crippen LogP contribution is -1.99. The summed E-state index contributed by atoms with van der Waals surface area (Å²) in [5, 5.41) is 8.71. The number of rotatable bonds is 0. The molecule has 0 saturated heterocycles. The summed E-state index contributed by atoms with van der Waals surface area (Å²) in [4.78, 5) is 10.5. The van der Waals surface area contributed by atoms with Gasteiger partial charge in [-0.05, 0) is 0 Å². The fraction of sp³-hybridized carbons (Fsp3) is 0.500. The molecular formula is C6H8O2. The van der Waals surface area contributed by atoms with Gasteiger partial charge < -0.3 is 5.11 Å². The second-order valence-corrected chi connectivity index (χ2v) is 2.14. The molecule has 1 aliphatic carbocycles. The van der Waals surface area contributed by atoms with Gasteiger partial charge in [-0.15, -0.1) is 0 Å². The molecule has 8 heavy (non-hydrogen) atoms. The van der Waals surface area contributed by atoms with Crippen molar-refractivity contribution in [2.75, 3.05) is 0 Å². The smallest absolute Gasteiger partial charge is 0.162 e. The Labute approximate surface area is 47.8 Å². The average Bonchev–Trinajstić information content (AvgIpc) is 1.85. The van der Waals surface area contributed by atoms with E-state index >= 15 is 0 Å². The van der Waals surface area contributed by atoms with E-state index in [2.05, 4.69) is 0 Å². The molecule has 44 valence electrons. The Hall–Kier alpha value is -0.790. The quantitative estimate of drug-likeness (QED) is 0.508. The van der Waals surface area contributed by atoms with Crippen LogP contribution in [0.1, 0.15) is 13.3 Å². The van der Waals surface area contributed by atoms with Crippen molar-refractivity contribution < 1.29 is 9.90 Å². The SMILES string of the molecule is CC1CC(O)=CC1=O. The van der Waals surface area contributed by atoms with E-state index in [4.69, 9.17) is 5.11 Å². The maximum atomic E-state index is 10.5. The molecule has 0 heterocycles. The number of hydrogen-bond acceptors (Lipinski definition) is 2. The van der Waals surface area contributed by atoms with Crippen LogP contribution in [0, 0.1) is 5.92 Å². The summed E-state index contributed by atoms with van der Waals surface area (Å²) in [5.41, 5.74) is 0. The van der Waals surface area contributed by atoms with Gasteiger partial charge in [0.05, 0.1) is 5.76 Å². The molecule has 0 spiro atoms. The molecule has 0 fully saturated rings. The zero-order chi connectivity index (χ0) is 6.15. The maximum absolute atomic E-state index is 10.5. The summed E-state index contributed by atoms with van der Waals surface area (Å²) < 4.78 is 0. The molecule has 1 aliphatic rings. The summed E-state index contributed by atoms with van der Waals surface area (Å²) in [7, 11) is 0. The van der Waals surface area contributed by atoms with Gasteiger partial charge in [-0.1, -0.05) is 6.92 Å². The van der Waals surface area contributed by atoms with Crippen molar-refractivity contribution in [3.63, 3.8) is 0 Å². The van der Waals surface area contributed by atoms with E-state index in [1.807, 2.05) is 6.92 Å². The van der Waals surface area contributed by atoms with Gasteiger partial charge in [-0.3, -0.25) is 4.79 Å². The van der Waals surface area contributed by atoms with E-state index < -0.39 is 0 Å². The first-order valence-electron chi connectivity index (χ1n) is 2.63. The number of aliphatic hydroxyl groups excluding tert-OH is 1. The third-order valence-electron chi connectivity index (χ3n) is 1.31. The largest absolute Gasteiger partial charge is 0.512 e. The zero-order valence-electron chi connectivity index (χ0n) is 4.72. The van der Waals surface area contributed by atoms with Crippen molar-refractivity contribution in [3.8, 4) is 0 Å². The van der Waals surface area contributed by atoms with Crippen molar-refractivity contribution >= 4 is 5.78 Å². The molecule has 0 radical (unpaired) electrons. The lowest BCUT2D eigenvalue weighted by Gasteiger charge is -1.93. The van der Waals surface area contributed by atoms with Gasteiger partial charge in [0.25, 0.3) is 0 Å². The topological polar surface area (TPSA) is 37.3 Å². The zero-order valence-corrected chi connectivity index (χ0v) is 4.72. The third-order valence-corrected chi connectivity index (χ3v) is 1.31. The monoisotopic (exact) mass is 112 g/mol. The Kier molecular flexibility index (Phi) is 1.08. The molecular weight excluding hydrogens is 104 g/mol. The van der Waals surface area contributed by atoms with E-state index in [0.717, 1.165) is 0 Å². The number of hydrogen-bond donors (Lipinski definition) is 1. The van der Waals surface area contributed by atoms with Crippen LogP contribution in [0.4, 0.5) is 0 Å². The normalized spacial score (nSPS) is 28.4. The molecule has 0 aliphatic heterocycles. The van der Waals surface area contributed by atoms with Crippen LogP contribution >= 0.6 is 0 Å². The van der Waals surface area contributed by atoms with Crippen LogP contribution in [0.25, 0.3) is 0 Å². The van der Waals surface area contributed by atoms with Crippen molar-refractivity contribution in [2.24, 2.45) is 5.92 Å². The third kappa shape index (κ3) is 0.735. The molecule has 0 amide bonds. The molecule has 2 heteroatoms. The summed E-state index contributed by atoms with van der Waals surface area (Å²) in [6.07, 6.45) is 1.82. The Morgan fingerprint density at radius 1 is 1.88 bits per heavy atom. The highest BCUT2D eigenvalue weighted by Crippen LogP contribution is 2.17. The molecule has 0 saturated carbocycles. The first kappa shape index (κ1) is 5.35. The lowest BCUT2D eigenvalue weighted by molar-refractivity contribution is -0.116. The summed E-state index contributed by atoms with van der Waals surface area (Å²) >= 11 is 0. The molecule has 1 rings (SSSR count). The highest BCUT2D eigenvalue weighted by Gasteiger charge is 2.19. The fourth-order valence-corrected chi connectivity index (χ4v) is 0.780. The number of aliphatic hydroxyl groups is 1. The Bertz CT molecular complexity index is 147. The van der Waals surface area contributed by atoms with E-state index in [1.54, 1.807) is 0 Å². The predicted octanol–water partition coefficient (Wildman–Crippen LogP) is 1.04. The van der Waals surface area contributed by atoms with Crippen LogP contribution in [-0.4, -0.2) is 10.9 Å². The minimum Gasteiger partial charge on any atom is -0.512 e. The van der Waals surface area contributed by atoms with Crippen LogP contribution in [0.2, 0.25) is 0 Å². The highest BCUT2D eigenvalue weighted by molar-refractivity contribution is 5.94. The van der Waals surface area contributed by atoms with Crippen molar-refractivity contribution in [1.82, 2.24) is 0 Å². The first-order valence-corrected chi connectivity index (χ1v) is 2.63. The van der Waals surface area contributed by atoms with Gasteiger partial charge >= 0.3 is 0 Å². The second-order valence-electron chi connectivity index (χ2n) is 2.14. The van der Waals surface area contributed by atoms with Crippen molar-refractivity contribution in [1.29, 1.82) is 0 Å². The number of carbonyl (C=O) groups is 1. The summed E-state index contributed by atoms with van der Waals surface area (Å²) in [5.74, 6) is 0.278. The number of allylic oxidation sites excluding steroid dienone is 2. The van der Waals surface area contributed by atoms with Gasteiger partial charge in [0.2, 0.25) is 0 Å². The van der Waals surface area contributed by atoms with E-state index in [-0.39, 0.29) is 17.5 Å². The van der Waals surface area contributed by atoms with Gasteiger partial charge in [-0.25, -0.2) is 0 Å². The fourth-order valence-electron chi connectivity index (χ4n) is 0.780. The van der Waals surface area contributed by atoms with Crippen LogP contribution in [-0.2, 0) is 4.79 Å². The van der Waals surface area contributed by atoms with Crippen LogP contribution in [0.5, 0.6) is 0 Å². The van der Waals surface area contributed by atoms with Crippen LogP contribution in [0.3, 0.4) is 0 Å². The van der Waals surface area contributed by atoms with Gasteiger partial charge in [0.15, 0.2) is 5.78 Å². The van der Waals surface area contributed by atoms with Crippen LogP contribution in [0.15, 0.2) is 11.8 Å². The standard InChI is InChI=1S/C6H8O2/c1-4-2-5(7)3-6(4)8/h3-4,7H,2H2,1H3. The van der Waals surface area contributed by atoms with Crippen molar-refractivity contribution in [3.05, 3.63) is 11.8 Å². The maximum Gasteiger partial charge on any atom is 0.162 e. The molecule has 1 unspecified atom stereocenters. The average molecular weight is 112 g/mol. The number of ketones is 1. The molecule has 2 nitrogen and oxygen atoms in total. The van der Waals surface area contributed by atoms with Gasteiger partial charge in [0.1, 0.15) is 0 Å². The van der Waals surface area contributed by atoms with Gasteiger partial charge in [0, 0.05) is 18.4 Å². The molecule has 0 aromatic heterocycles. The summed E-state index contributed by atoms with van der Waals surface area (Å²) in [6, 6.07) is 0. The minimum absolute atomic E-state index is 0.00926. The van der Waals surface area contributed by atoms with Crippen molar-refractivity contribution in [2.45, 2.75) is 13.3 Å². The number of carbonyl (C=O) groups excluding carboxylic acids is 1. The van der Waals surface area contributed by atoms with E-state index in [0.29, 0.717) is 6.42 Å². The minimum atomic E-state index is 0.00926. The van der Waals surface area contributed by atoms with Crippen LogP contribution < -0.4 is 0 Å². The second kappa shape index (κ2) is 1.62. The Balaban J connectivity index is 2.70. The van der Waals surface area contributed by atoms with Gasteiger partial charge in [-0.2, -0.15) is 0 Å². The molecule has 1 atom stereocenters. The highest BCUT2D eigenvalue weighted by atomic mass is 16.3. The molecule has 1 N–H and O–H groups in total. The lowest BCUT2D eigenvalue weighted by atomic mass is 10.1. The molecule has 0 aromatic rings. The molecule has 0 bridgehead atoms. The first-order chi connectivity index (χ1) is 3.70.